The molecule has 3 nitrogen and oxygen atoms in total. The molecule has 0 radical (unpaired) electrons. The monoisotopic (exact) mass is 312 g/mol. The molecule has 0 aliphatic carbocycles. The molecule has 2 aromatic rings. The zero-order valence-corrected chi connectivity index (χ0v) is 12.7. The summed E-state index contributed by atoms with van der Waals surface area (Å²) >= 11 is 1.11. The van der Waals surface area contributed by atoms with Crippen LogP contribution in [-0.4, -0.2) is 11.1 Å². The molecule has 22 heavy (non-hydrogen) atoms. The van der Waals surface area contributed by atoms with Gasteiger partial charge in [-0.2, -0.15) is 0 Å². The number of benzene rings is 2. The molecule has 1 saturated heterocycles. The van der Waals surface area contributed by atoms with Crippen LogP contribution in [0.4, 0.5) is 10.1 Å². The molecule has 0 bridgehead atoms. The van der Waals surface area contributed by atoms with Gasteiger partial charge in [0.1, 0.15) is 5.82 Å². The zero-order chi connectivity index (χ0) is 15.7. The molecule has 1 fully saturated rings. The van der Waals surface area contributed by atoms with Crippen LogP contribution in [-0.2, 0) is 4.79 Å². The van der Waals surface area contributed by atoms with Crippen LogP contribution < -0.4 is 4.90 Å². The number of thioether (sulfide) groups is 1. The van der Waals surface area contributed by atoms with Crippen LogP contribution in [0.5, 0.6) is 0 Å². The highest BCUT2D eigenvalue weighted by Crippen LogP contribution is 2.35. The number of nitrogens with zero attached hydrogens (tertiary/aromatic N) is 1. The fourth-order valence-electron chi connectivity index (χ4n) is 2.13. The highest BCUT2D eigenvalue weighted by atomic mass is 32.2. The molecule has 1 N–H and O–H groups in total. The number of halogens is 1. The van der Waals surface area contributed by atoms with Crippen LogP contribution in [0.15, 0.2) is 53.4 Å². The molecule has 0 aromatic heterocycles. The van der Waals surface area contributed by atoms with Crippen LogP contribution in [0, 0.1) is 18.2 Å². The van der Waals surface area contributed by atoms with E-state index in [1.807, 2.05) is 31.2 Å². The molecule has 3 rings (SSSR count). The van der Waals surface area contributed by atoms with Crippen molar-refractivity contribution in [3.8, 4) is 0 Å². The molecule has 1 amide bonds. The molecule has 1 heterocycles. The molecular weight excluding hydrogens is 299 g/mol. The SMILES string of the molecule is Cc1ccc(/C=C2/SC(=N)N(c3ccc(F)cc3)C2=O)cc1. The smallest absolute Gasteiger partial charge is 0.271 e. The van der Waals surface area contributed by atoms with Crippen molar-refractivity contribution in [3.63, 3.8) is 0 Å². The predicted octanol–water partition coefficient (Wildman–Crippen LogP) is 4.19. The Morgan fingerprint density at radius 2 is 1.73 bits per heavy atom. The molecule has 0 unspecified atom stereocenters. The predicted molar refractivity (Wildman–Crippen MR) is 88.4 cm³/mol. The molecule has 1 aliphatic heterocycles. The quantitative estimate of drug-likeness (QED) is 0.845. The minimum atomic E-state index is -0.370. The van der Waals surface area contributed by atoms with E-state index in [-0.39, 0.29) is 16.9 Å². The van der Waals surface area contributed by atoms with E-state index in [9.17, 15) is 9.18 Å². The van der Waals surface area contributed by atoms with Gasteiger partial charge >= 0.3 is 0 Å². The van der Waals surface area contributed by atoms with E-state index in [1.165, 1.54) is 29.2 Å². The van der Waals surface area contributed by atoms with E-state index < -0.39 is 0 Å². The molecule has 2 aromatic carbocycles. The van der Waals surface area contributed by atoms with Crippen molar-refractivity contribution < 1.29 is 9.18 Å². The van der Waals surface area contributed by atoms with Crippen LogP contribution in [0.1, 0.15) is 11.1 Å². The first kappa shape index (κ1) is 14.5. The van der Waals surface area contributed by atoms with Gasteiger partial charge in [-0.15, -0.1) is 0 Å². The third-order valence-corrected chi connectivity index (χ3v) is 4.17. The summed E-state index contributed by atoms with van der Waals surface area (Å²) in [7, 11) is 0. The van der Waals surface area contributed by atoms with E-state index in [0.29, 0.717) is 10.6 Å². The summed E-state index contributed by atoms with van der Waals surface area (Å²) < 4.78 is 13.0. The van der Waals surface area contributed by atoms with Gasteiger partial charge in [-0.05, 0) is 54.6 Å². The minimum Gasteiger partial charge on any atom is -0.278 e. The summed E-state index contributed by atoms with van der Waals surface area (Å²) in [6, 6.07) is 13.4. The number of hydrogen-bond acceptors (Lipinski definition) is 3. The number of nitrogens with one attached hydrogen (secondary N) is 1. The highest BCUT2D eigenvalue weighted by Gasteiger charge is 2.33. The first-order chi connectivity index (χ1) is 10.5. The first-order valence-corrected chi connectivity index (χ1v) is 7.51. The Morgan fingerprint density at radius 3 is 2.36 bits per heavy atom. The Bertz CT molecular complexity index is 766. The van der Waals surface area contributed by atoms with Crippen molar-refractivity contribution in [1.82, 2.24) is 0 Å². The lowest BCUT2D eigenvalue weighted by Crippen LogP contribution is -2.28. The van der Waals surface area contributed by atoms with Gasteiger partial charge in [0.2, 0.25) is 0 Å². The summed E-state index contributed by atoms with van der Waals surface area (Å²) in [6.07, 6.45) is 1.77. The van der Waals surface area contributed by atoms with Crippen molar-refractivity contribution in [2.24, 2.45) is 0 Å². The van der Waals surface area contributed by atoms with Crippen LogP contribution in [0.2, 0.25) is 0 Å². The molecular formula is C17H13FN2OS. The van der Waals surface area contributed by atoms with Gasteiger partial charge in [-0.1, -0.05) is 29.8 Å². The third kappa shape index (κ3) is 2.80. The molecule has 110 valence electrons. The summed E-state index contributed by atoms with van der Waals surface area (Å²) in [5.41, 5.74) is 2.56. The van der Waals surface area contributed by atoms with Gasteiger partial charge in [-0.3, -0.25) is 15.1 Å². The maximum atomic E-state index is 13.0. The number of carbonyl (C=O) groups is 1. The standard InChI is InChI=1S/C17H13FN2OS/c1-11-2-4-12(5-3-11)10-15-16(21)20(17(19)22-15)14-8-6-13(18)7-9-14/h2-10,19H,1H3/b15-10+,19-17?. The van der Waals surface area contributed by atoms with Crippen molar-refractivity contribution in [2.45, 2.75) is 6.92 Å². The molecule has 0 spiro atoms. The second-order valence-corrected chi connectivity index (χ2v) is 5.97. The summed E-state index contributed by atoms with van der Waals surface area (Å²) in [6.45, 7) is 2.00. The lowest BCUT2D eigenvalue weighted by Gasteiger charge is -2.13. The summed E-state index contributed by atoms with van der Waals surface area (Å²) in [5, 5.41) is 8.11. The average molecular weight is 312 g/mol. The normalized spacial score (nSPS) is 16.6. The van der Waals surface area contributed by atoms with E-state index in [0.717, 1.165) is 22.9 Å². The number of amides is 1. The maximum absolute atomic E-state index is 13.0. The van der Waals surface area contributed by atoms with Crippen molar-refractivity contribution in [2.75, 3.05) is 4.90 Å². The number of hydrogen-bond donors (Lipinski definition) is 1. The van der Waals surface area contributed by atoms with E-state index >= 15 is 0 Å². The Morgan fingerprint density at radius 1 is 1.09 bits per heavy atom. The number of anilines is 1. The third-order valence-electron chi connectivity index (χ3n) is 3.28. The van der Waals surface area contributed by atoms with Gasteiger partial charge in [0, 0.05) is 0 Å². The number of aryl methyl sites for hydroxylation is 1. The van der Waals surface area contributed by atoms with Crippen molar-refractivity contribution >= 4 is 34.6 Å². The molecule has 5 heteroatoms. The fourth-order valence-corrected chi connectivity index (χ4v) is 2.99. The molecule has 0 saturated carbocycles. The average Bonchev–Trinajstić information content (AvgIpc) is 2.77. The van der Waals surface area contributed by atoms with Crippen LogP contribution in [0.25, 0.3) is 6.08 Å². The lowest BCUT2D eigenvalue weighted by molar-refractivity contribution is -0.113. The van der Waals surface area contributed by atoms with Gasteiger partial charge in [0.05, 0.1) is 10.6 Å². The zero-order valence-electron chi connectivity index (χ0n) is 11.8. The van der Waals surface area contributed by atoms with Gasteiger partial charge in [-0.25, -0.2) is 4.39 Å². The Balaban J connectivity index is 1.91. The van der Waals surface area contributed by atoms with Gasteiger partial charge in [0.25, 0.3) is 5.91 Å². The van der Waals surface area contributed by atoms with E-state index in [4.69, 9.17) is 5.41 Å². The lowest BCUT2D eigenvalue weighted by atomic mass is 10.1. The van der Waals surface area contributed by atoms with Crippen molar-refractivity contribution in [3.05, 3.63) is 70.4 Å². The van der Waals surface area contributed by atoms with Crippen LogP contribution in [0.3, 0.4) is 0 Å². The minimum absolute atomic E-state index is 0.120. The van der Waals surface area contributed by atoms with Gasteiger partial charge in [0.15, 0.2) is 5.17 Å². The maximum Gasteiger partial charge on any atom is 0.271 e. The van der Waals surface area contributed by atoms with Crippen molar-refractivity contribution in [1.29, 1.82) is 5.41 Å². The fraction of sp³-hybridized carbons (Fsp3) is 0.0588. The summed E-state index contributed by atoms with van der Waals surface area (Å²) in [4.78, 5) is 14.2. The molecule has 0 atom stereocenters. The van der Waals surface area contributed by atoms with E-state index in [1.54, 1.807) is 6.08 Å². The largest absolute Gasteiger partial charge is 0.278 e. The second kappa shape index (κ2) is 5.77. The first-order valence-electron chi connectivity index (χ1n) is 6.69. The number of amidine groups is 1. The number of carbonyl (C=O) groups excluding carboxylic acids is 1. The Hall–Kier alpha value is -2.40. The Labute approximate surface area is 132 Å². The molecule has 1 aliphatic rings. The highest BCUT2D eigenvalue weighted by molar-refractivity contribution is 8.19. The number of rotatable bonds is 2. The van der Waals surface area contributed by atoms with Gasteiger partial charge < -0.3 is 0 Å². The second-order valence-electron chi connectivity index (χ2n) is 4.94. The van der Waals surface area contributed by atoms with Crippen LogP contribution >= 0.6 is 11.8 Å². The topological polar surface area (TPSA) is 44.2 Å². The van der Waals surface area contributed by atoms with E-state index in [2.05, 4.69) is 0 Å². The Kier molecular flexibility index (Phi) is 3.81. The summed E-state index contributed by atoms with van der Waals surface area (Å²) in [5.74, 6) is -0.632.